The van der Waals surface area contributed by atoms with Gasteiger partial charge in [-0.3, -0.25) is 0 Å². The molecule has 1 atom stereocenters. The Morgan fingerprint density at radius 1 is 1.60 bits per heavy atom. The maximum absolute atomic E-state index is 5.45. The quantitative estimate of drug-likeness (QED) is 0.850. The van der Waals surface area contributed by atoms with Crippen molar-refractivity contribution in [2.75, 3.05) is 13.2 Å². The van der Waals surface area contributed by atoms with Crippen LogP contribution in [-0.2, 0) is 17.7 Å². The highest BCUT2D eigenvalue weighted by atomic mass is 32.1. The molecule has 1 aliphatic heterocycles. The summed E-state index contributed by atoms with van der Waals surface area (Å²) in [6.07, 6.45) is 3.59. The van der Waals surface area contributed by atoms with Crippen LogP contribution in [0.2, 0.25) is 0 Å². The molecule has 84 valence electrons. The lowest BCUT2D eigenvalue weighted by molar-refractivity contribution is 0.0700. The summed E-state index contributed by atoms with van der Waals surface area (Å²) in [4.78, 5) is 1.49. The molecular formula is C12H19NOS. The van der Waals surface area contributed by atoms with Crippen LogP contribution in [0.4, 0.5) is 0 Å². The zero-order valence-electron chi connectivity index (χ0n) is 9.29. The standard InChI is InChI=1S/C12H19NOS/c1-2-10-5-7-15-12(10)8-13-11-4-3-6-14-9-11/h5,7,11,13H,2-4,6,8-9H2,1H3. The van der Waals surface area contributed by atoms with Crippen molar-refractivity contribution in [2.45, 2.75) is 38.8 Å². The van der Waals surface area contributed by atoms with Crippen molar-refractivity contribution in [1.29, 1.82) is 0 Å². The third-order valence-corrected chi connectivity index (χ3v) is 3.89. The Labute approximate surface area is 95.6 Å². The number of hydrogen-bond donors (Lipinski definition) is 1. The van der Waals surface area contributed by atoms with E-state index in [1.807, 2.05) is 11.3 Å². The first-order valence-electron chi connectivity index (χ1n) is 5.76. The highest BCUT2D eigenvalue weighted by Gasteiger charge is 2.13. The Morgan fingerprint density at radius 2 is 2.53 bits per heavy atom. The fraction of sp³-hybridized carbons (Fsp3) is 0.667. The first-order chi connectivity index (χ1) is 7.40. The van der Waals surface area contributed by atoms with Crippen LogP contribution in [0.25, 0.3) is 0 Å². The van der Waals surface area contributed by atoms with Crippen molar-refractivity contribution in [3.8, 4) is 0 Å². The van der Waals surface area contributed by atoms with Crippen LogP contribution in [0.3, 0.4) is 0 Å². The van der Waals surface area contributed by atoms with E-state index >= 15 is 0 Å². The van der Waals surface area contributed by atoms with E-state index in [1.165, 1.54) is 23.3 Å². The summed E-state index contributed by atoms with van der Waals surface area (Å²) in [5, 5.41) is 5.77. The van der Waals surface area contributed by atoms with Crippen LogP contribution in [0.15, 0.2) is 11.4 Å². The molecule has 1 N–H and O–H groups in total. The number of nitrogens with one attached hydrogen (secondary N) is 1. The van der Waals surface area contributed by atoms with E-state index in [0.717, 1.165) is 26.2 Å². The lowest BCUT2D eigenvalue weighted by Crippen LogP contribution is -2.36. The first kappa shape index (κ1) is 11.1. The number of hydrogen-bond acceptors (Lipinski definition) is 3. The molecule has 0 aliphatic carbocycles. The number of ether oxygens (including phenoxy) is 1. The van der Waals surface area contributed by atoms with E-state index in [0.29, 0.717) is 6.04 Å². The smallest absolute Gasteiger partial charge is 0.0619 e. The molecule has 1 fully saturated rings. The first-order valence-corrected chi connectivity index (χ1v) is 6.64. The maximum Gasteiger partial charge on any atom is 0.0619 e. The predicted octanol–water partition coefficient (Wildman–Crippen LogP) is 2.58. The average molecular weight is 225 g/mol. The minimum absolute atomic E-state index is 0.561. The normalized spacial score (nSPS) is 21.8. The van der Waals surface area contributed by atoms with Gasteiger partial charge in [0.2, 0.25) is 0 Å². The molecule has 2 heterocycles. The number of thiophene rings is 1. The summed E-state index contributed by atoms with van der Waals surface area (Å²) in [7, 11) is 0. The summed E-state index contributed by atoms with van der Waals surface area (Å²) in [5.74, 6) is 0. The topological polar surface area (TPSA) is 21.3 Å². The second-order valence-electron chi connectivity index (χ2n) is 4.02. The van der Waals surface area contributed by atoms with E-state index in [4.69, 9.17) is 4.74 Å². The molecule has 0 amide bonds. The third kappa shape index (κ3) is 3.03. The van der Waals surface area contributed by atoms with Crippen LogP contribution in [0.1, 0.15) is 30.2 Å². The molecule has 0 spiro atoms. The van der Waals surface area contributed by atoms with Crippen LogP contribution in [-0.4, -0.2) is 19.3 Å². The van der Waals surface area contributed by atoms with Gasteiger partial charge >= 0.3 is 0 Å². The lowest BCUT2D eigenvalue weighted by Gasteiger charge is -2.23. The highest BCUT2D eigenvalue weighted by Crippen LogP contribution is 2.17. The highest BCUT2D eigenvalue weighted by molar-refractivity contribution is 7.10. The maximum atomic E-state index is 5.45. The van der Waals surface area contributed by atoms with Crippen molar-refractivity contribution < 1.29 is 4.74 Å². The van der Waals surface area contributed by atoms with Gasteiger partial charge in [-0.25, -0.2) is 0 Å². The molecule has 1 aromatic rings. The van der Waals surface area contributed by atoms with Crippen molar-refractivity contribution in [3.05, 3.63) is 21.9 Å². The van der Waals surface area contributed by atoms with Crippen LogP contribution >= 0.6 is 11.3 Å². The fourth-order valence-corrected chi connectivity index (χ4v) is 2.90. The zero-order valence-corrected chi connectivity index (χ0v) is 10.1. The van der Waals surface area contributed by atoms with Crippen molar-refractivity contribution in [2.24, 2.45) is 0 Å². The monoisotopic (exact) mass is 225 g/mol. The molecular weight excluding hydrogens is 206 g/mol. The van der Waals surface area contributed by atoms with Gasteiger partial charge < -0.3 is 10.1 Å². The van der Waals surface area contributed by atoms with E-state index in [2.05, 4.69) is 23.7 Å². The third-order valence-electron chi connectivity index (χ3n) is 2.93. The van der Waals surface area contributed by atoms with Crippen LogP contribution in [0.5, 0.6) is 0 Å². The van der Waals surface area contributed by atoms with Gasteiger partial charge in [-0.05, 0) is 36.3 Å². The lowest BCUT2D eigenvalue weighted by atomic mass is 10.1. The van der Waals surface area contributed by atoms with Gasteiger partial charge in [0.15, 0.2) is 0 Å². The Kier molecular flexibility index (Phi) is 4.18. The molecule has 1 unspecified atom stereocenters. The van der Waals surface area contributed by atoms with Gasteiger partial charge in [0, 0.05) is 24.1 Å². The molecule has 3 heteroatoms. The van der Waals surface area contributed by atoms with E-state index < -0.39 is 0 Å². The van der Waals surface area contributed by atoms with E-state index in [9.17, 15) is 0 Å². The van der Waals surface area contributed by atoms with Crippen LogP contribution < -0.4 is 5.32 Å². The Hall–Kier alpha value is -0.380. The summed E-state index contributed by atoms with van der Waals surface area (Å²) < 4.78 is 5.45. The van der Waals surface area contributed by atoms with Gasteiger partial charge in [-0.1, -0.05) is 6.92 Å². The molecule has 1 aliphatic rings. The summed E-state index contributed by atoms with van der Waals surface area (Å²) in [5.41, 5.74) is 1.49. The second-order valence-corrected chi connectivity index (χ2v) is 5.02. The molecule has 0 bridgehead atoms. The molecule has 15 heavy (non-hydrogen) atoms. The van der Waals surface area contributed by atoms with Gasteiger partial charge in [0.1, 0.15) is 0 Å². The van der Waals surface area contributed by atoms with Crippen molar-refractivity contribution >= 4 is 11.3 Å². The van der Waals surface area contributed by atoms with Gasteiger partial charge in [-0.2, -0.15) is 0 Å². The molecule has 0 radical (unpaired) electrons. The summed E-state index contributed by atoms with van der Waals surface area (Å²) >= 11 is 1.86. The Morgan fingerprint density at radius 3 is 3.27 bits per heavy atom. The SMILES string of the molecule is CCc1ccsc1CNC1CCCOC1. The average Bonchev–Trinajstić information content (AvgIpc) is 2.75. The minimum Gasteiger partial charge on any atom is -0.380 e. The number of rotatable bonds is 4. The Balaban J connectivity index is 1.81. The zero-order chi connectivity index (χ0) is 10.5. The fourth-order valence-electron chi connectivity index (χ4n) is 1.98. The molecule has 2 nitrogen and oxygen atoms in total. The Bertz CT molecular complexity index is 292. The van der Waals surface area contributed by atoms with E-state index in [-0.39, 0.29) is 0 Å². The second kappa shape index (κ2) is 5.64. The number of aryl methyl sites for hydroxylation is 1. The molecule has 2 rings (SSSR count). The largest absolute Gasteiger partial charge is 0.380 e. The van der Waals surface area contributed by atoms with Crippen molar-refractivity contribution in [1.82, 2.24) is 5.32 Å². The molecule has 0 aromatic carbocycles. The molecule has 1 aromatic heterocycles. The van der Waals surface area contributed by atoms with Crippen LogP contribution in [0, 0.1) is 0 Å². The molecule has 0 saturated carbocycles. The summed E-state index contributed by atoms with van der Waals surface area (Å²) in [6.45, 7) is 5.05. The van der Waals surface area contributed by atoms with Crippen molar-refractivity contribution in [3.63, 3.8) is 0 Å². The van der Waals surface area contributed by atoms with E-state index in [1.54, 1.807) is 0 Å². The summed E-state index contributed by atoms with van der Waals surface area (Å²) in [6, 6.07) is 2.80. The van der Waals surface area contributed by atoms with Gasteiger partial charge in [-0.15, -0.1) is 11.3 Å². The van der Waals surface area contributed by atoms with Gasteiger partial charge in [0.25, 0.3) is 0 Å². The van der Waals surface area contributed by atoms with Gasteiger partial charge in [0.05, 0.1) is 6.61 Å². The molecule has 1 saturated heterocycles. The minimum atomic E-state index is 0.561. The predicted molar refractivity (Wildman–Crippen MR) is 64.4 cm³/mol.